The minimum Gasteiger partial charge on any atom is -0.481 e. The Bertz CT molecular complexity index is 3290. The van der Waals surface area contributed by atoms with Gasteiger partial charge in [-0.05, 0) is 100 Å². The van der Waals surface area contributed by atoms with Crippen LogP contribution in [0.15, 0.2) is 58.3 Å². The van der Waals surface area contributed by atoms with Crippen LogP contribution in [0.3, 0.4) is 0 Å². The van der Waals surface area contributed by atoms with Crippen LogP contribution in [0, 0.1) is 0 Å². The lowest BCUT2D eigenvalue weighted by atomic mass is 10.0. The Kier molecular flexibility index (Phi) is 29.9. The lowest BCUT2D eigenvalue weighted by Crippen LogP contribution is -2.58. The van der Waals surface area contributed by atoms with Gasteiger partial charge in [-0.3, -0.25) is 62.5 Å². The molecule has 3 fully saturated rings. The highest BCUT2D eigenvalue weighted by molar-refractivity contribution is 7.98. The smallest absolute Gasteiger partial charge is 0.327 e. The lowest BCUT2D eigenvalue weighted by Gasteiger charge is -2.34. The molecule has 0 bridgehead atoms. The van der Waals surface area contributed by atoms with Gasteiger partial charge in [-0.15, -0.1) is 0 Å². The summed E-state index contributed by atoms with van der Waals surface area (Å²) in [5.74, 6) is -8.12. The number of hydrogen-bond acceptors (Lipinski definition) is 22. The molecule has 0 aromatic heterocycles. The zero-order valence-electron chi connectivity index (χ0n) is 53.3. The topological polar surface area (TPSA) is 443 Å². The lowest BCUT2D eigenvalue weighted by molar-refractivity contribution is -0.154. The number of likely N-dealkylation sites (N-methyl/N-ethyl adjacent to an activating group) is 3. The molecule has 0 radical (unpaired) electrons. The molecule has 0 aliphatic carbocycles. The maximum absolute atomic E-state index is 14.6. The van der Waals surface area contributed by atoms with Crippen molar-refractivity contribution in [3.05, 3.63) is 54.1 Å². The second-order valence-corrected chi connectivity index (χ2v) is 27.1. The van der Waals surface area contributed by atoms with E-state index in [0.29, 0.717) is 37.7 Å². The predicted octanol–water partition coefficient (Wildman–Crippen LogP) is -2.48. The number of carbonyl (C=O) groups is 12. The number of ether oxygens (including phenoxy) is 2. The molecule has 94 heavy (non-hydrogen) atoms. The molecular weight excluding hydrogens is 1290 g/mol. The summed E-state index contributed by atoms with van der Waals surface area (Å²) in [7, 11) is -3.03. The fraction of sp³-hybridized carbons (Fsp3) is 0.593. The Morgan fingerprint density at radius 3 is 1.74 bits per heavy atom. The third kappa shape index (κ3) is 22.9. The van der Waals surface area contributed by atoms with Crippen molar-refractivity contribution in [1.82, 2.24) is 44.9 Å². The summed E-state index contributed by atoms with van der Waals surface area (Å²) in [6.45, 7) is -1.25. The van der Waals surface area contributed by atoms with Gasteiger partial charge in [0.15, 0.2) is 11.6 Å². The van der Waals surface area contributed by atoms with Crippen molar-refractivity contribution in [1.29, 1.82) is 0 Å². The Morgan fingerprint density at radius 1 is 0.670 bits per heavy atom. The van der Waals surface area contributed by atoms with Crippen molar-refractivity contribution >= 4 is 108 Å². The van der Waals surface area contributed by atoms with E-state index in [1.165, 1.54) is 106 Å². The SMILES string of the molecule is CN[C@@H](CNC(=O)CCOCCCC(=O)C1CCCN1C(=O)[C@@H]1CCCN1C(=O)[C@@H]1CCCN1C(=O)CN(CCN(CC(=O)Nc1ccc(S(N)(=O)=O)cc1)CC(=O)OC)CC(=O)Cc1ccc(S(N)(=O)=O)cc1)C(=O)N(C)[C@@H](CC(=O)O)C(=O)N(C)[C@@H](CSC)C(=O)O. The fourth-order valence-corrected chi connectivity index (χ4v) is 13.0. The molecule has 3 saturated heterocycles. The summed E-state index contributed by atoms with van der Waals surface area (Å²) in [6.07, 6.45) is 3.26. The van der Waals surface area contributed by atoms with Gasteiger partial charge in [0.25, 0.3) is 0 Å². The first-order valence-corrected chi connectivity index (χ1v) is 34.9. The molecule has 2 aromatic rings. The molecule has 2 aromatic carbocycles. The van der Waals surface area contributed by atoms with Gasteiger partial charge < -0.3 is 60.1 Å². The molecule has 520 valence electrons. The van der Waals surface area contributed by atoms with E-state index in [-0.39, 0.29) is 124 Å². The largest absolute Gasteiger partial charge is 0.481 e. The number of amides is 7. The van der Waals surface area contributed by atoms with Crippen LogP contribution in [0.25, 0.3) is 0 Å². The Labute approximate surface area is 550 Å². The summed E-state index contributed by atoms with van der Waals surface area (Å²) < 4.78 is 57.8. The molecule has 3 aliphatic heterocycles. The highest BCUT2D eigenvalue weighted by Gasteiger charge is 2.46. The number of nitrogens with one attached hydrogen (secondary N) is 3. The van der Waals surface area contributed by atoms with E-state index in [4.69, 9.17) is 19.8 Å². The number of carboxylic acids is 2. The Hall–Kier alpha value is -7.51. The van der Waals surface area contributed by atoms with Crippen molar-refractivity contribution < 1.29 is 94.1 Å². The van der Waals surface area contributed by atoms with Crippen LogP contribution in [-0.2, 0) is 93.5 Å². The number of benzene rings is 2. The maximum Gasteiger partial charge on any atom is 0.327 e. The Balaban J connectivity index is 1.15. The summed E-state index contributed by atoms with van der Waals surface area (Å²) in [5.41, 5.74) is 0.660. The third-order valence-corrected chi connectivity index (χ3v) is 18.9. The number of thioether (sulfide) groups is 1. The van der Waals surface area contributed by atoms with Gasteiger partial charge in [0, 0.05) is 90.7 Å². The average Bonchev–Trinajstić information content (AvgIpc) is 1.63. The van der Waals surface area contributed by atoms with E-state index < -0.39 is 141 Å². The minimum atomic E-state index is -4.03. The zero-order valence-corrected chi connectivity index (χ0v) is 55.8. The highest BCUT2D eigenvalue weighted by Crippen LogP contribution is 2.30. The predicted molar refractivity (Wildman–Crippen MR) is 339 cm³/mol. The number of carbonyl (C=O) groups excluding carboxylic acids is 10. The normalized spacial score (nSPS) is 17.5. The molecule has 32 nitrogen and oxygen atoms in total. The molecule has 0 spiro atoms. The number of esters is 1. The zero-order chi connectivity index (χ0) is 69.6. The van der Waals surface area contributed by atoms with E-state index in [9.17, 15) is 84.6 Å². The van der Waals surface area contributed by atoms with Crippen molar-refractivity contribution in [3.63, 3.8) is 0 Å². The van der Waals surface area contributed by atoms with E-state index in [1.807, 2.05) is 0 Å². The number of aliphatic carboxylic acids is 2. The van der Waals surface area contributed by atoms with Gasteiger partial charge in [0.05, 0.1) is 62.1 Å². The molecule has 7 amide bonds. The number of methoxy groups -OCH3 is 1. The molecule has 0 saturated carbocycles. The van der Waals surface area contributed by atoms with Crippen molar-refractivity contribution in [2.75, 3.05) is 124 Å². The fourth-order valence-electron chi connectivity index (χ4n) is 11.3. The van der Waals surface area contributed by atoms with E-state index in [1.54, 1.807) is 6.26 Å². The summed E-state index contributed by atoms with van der Waals surface area (Å²) in [5, 5.41) is 37.6. The second kappa shape index (κ2) is 36.4. The minimum absolute atomic E-state index is 0.0165. The first-order chi connectivity index (χ1) is 44.4. The van der Waals surface area contributed by atoms with Crippen molar-refractivity contribution in [2.45, 2.75) is 117 Å². The van der Waals surface area contributed by atoms with Gasteiger partial charge in [-0.1, -0.05) is 12.1 Å². The molecule has 6 atom stereocenters. The number of primary sulfonamides is 2. The van der Waals surface area contributed by atoms with Crippen LogP contribution >= 0.6 is 11.8 Å². The molecular formula is C59H86N12O20S3. The first kappa shape index (κ1) is 77.2. The van der Waals surface area contributed by atoms with Crippen LogP contribution < -0.4 is 26.2 Å². The number of carboxylic acid groups (broad SMARTS) is 2. The maximum atomic E-state index is 14.6. The van der Waals surface area contributed by atoms with Gasteiger partial charge in [-0.2, -0.15) is 11.8 Å². The quantitative estimate of drug-likeness (QED) is 0.0270. The number of likely N-dealkylation sites (tertiary alicyclic amines) is 3. The number of ketones is 2. The number of rotatable bonds is 38. The number of hydrogen-bond donors (Lipinski definition) is 7. The van der Waals surface area contributed by atoms with Gasteiger partial charge in [0.2, 0.25) is 61.4 Å². The average molecular weight is 1380 g/mol. The molecule has 3 aliphatic rings. The highest BCUT2D eigenvalue weighted by atomic mass is 32.2. The molecule has 3 heterocycles. The second-order valence-electron chi connectivity index (χ2n) is 23.0. The third-order valence-electron chi connectivity index (χ3n) is 16.4. The standard InChI is InChI=1S/C59H86N12O20S3/c1-62-43(55(80)65(2)47(31-53(77)78)56(81)66(3)48(37-92-5)59(84)85)32-63-50(74)22-29-91-28-9-13-49(73)44-10-6-24-70(44)58(83)46-12-8-25-71(46)57(82)45-11-7-23-69(45)52(76)35-67(33-40(72)30-38-14-18-41(19-15-38)93(60,86)87)26-27-68(36-54(79)90-4)34-51(75)64-39-16-20-42(21-17-39)94(61,88)89/h14-21,43-48,62H,6-13,22-37H2,1-5H3,(H,63,74)(H,64,75)(H,77,78)(H,84,85)(H2,60,86,87)(H2,61,88,89)/t43-,44?,45-,46-,47-,48-/m0/s1. The summed E-state index contributed by atoms with van der Waals surface area (Å²) >= 11 is 1.17. The van der Waals surface area contributed by atoms with E-state index in [0.717, 1.165) is 16.9 Å². The van der Waals surface area contributed by atoms with Crippen molar-refractivity contribution in [3.8, 4) is 0 Å². The van der Waals surface area contributed by atoms with Gasteiger partial charge in [0.1, 0.15) is 30.2 Å². The van der Waals surface area contributed by atoms with Crippen LogP contribution in [-0.4, -0.2) is 287 Å². The number of anilines is 1. The Morgan fingerprint density at radius 2 is 1.20 bits per heavy atom. The van der Waals surface area contributed by atoms with E-state index in [2.05, 4.69) is 16.0 Å². The molecule has 9 N–H and O–H groups in total. The number of nitrogens with zero attached hydrogens (tertiary/aromatic N) is 7. The van der Waals surface area contributed by atoms with Crippen molar-refractivity contribution in [2.24, 2.45) is 10.3 Å². The molecule has 35 heteroatoms. The number of sulfonamides is 2. The molecule has 5 rings (SSSR count). The van der Waals surface area contributed by atoms with Crippen LogP contribution in [0.2, 0.25) is 0 Å². The summed E-state index contributed by atoms with van der Waals surface area (Å²) in [6, 6.07) is 3.83. The van der Waals surface area contributed by atoms with Gasteiger partial charge in [-0.25, -0.2) is 31.9 Å². The van der Waals surface area contributed by atoms with E-state index >= 15 is 0 Å². The van der Waals surface area contributed by atoms with Crippen LogP contribution in [0.1, 0.15) is 69.8 Å². The van der Waals surface area contributed by atoms with Crippen LogP contribution in [0.5, 0.6) is 0 Å². The summed E-state index contributed by atoms with van der Waals surface area (Å²) in [4.78, 5) is 169. The number of nitrogens with two attached hydrogens (primary N) is 2. The molecule has 1 unspecified atom stereocenters. The van der Waals surface area contributed by atoms with Crippen LogP contribution in [0.4, 0.5) is 5.69 Å². The van der Waals surface area contributed by atoms with Gasteiger partial charge >= 0.3 is 17.9 Å². The number of Topliss-reactive ketones (excluding diaryl/α,β-unsaturated/α-hetero) is 2. The first-order valence-electron chi connectivity index (χ1n) is 30.4. The monoisotopic (exact) mass is 1380 g/mol.